The fraction of sp³-hybridized carbons (Fsp3) is 0.450. The van der Waals surface area contributed by atoms with E-state index in [1.54, 1.807) is 19.3 Å². The monoisotopic (exact) mass is 370 g/mol. The second kappa shape index (κ2) is 9.87. The van der Waals surface area contributed by atoms with Crippen molar-refractivity contribution < 1.29 is 4.79 Å². The first-order chi connectivity index (χ1) is 13.1. The number of pyridine rings is 2. The Labute approximate surface area is 161 Å². The molecule has 0 spiro atoms. The van der Waals surface area contributed by atoms with Crippen molar-refractivity contribution in [2.45, 2.75) is 27.3 Å². The minimum atomic E-state index is -0.156. The number of amides is 1. The van der Waals surface area contributed by atoms with Crippen molar-refractivity contribution in [3.63, 3.8) is 0 Å². The molecule has 1 amide bonds. The smallest absolute Gasteiger partial charge is 0.269 e. The Morgan fingerprint density at radius 1 is 1.19 bits per heavy atom. The molecule has 2 aromatic rings. The van der Waals surface area contributed by atoms with E-state index >= 15 is 0 Å². The highest BCUT2D eigenvalue weighted by Gasteiger charge is 2.19. The molecule has 0 aromatic carbocycles. The maximum Gasteiger partial charge on any atom is 0.269 e. The largest absolute Gasteiger partial charge is 0.384 e. The number of anilines is 2. The first-order valence-corrected chi connectivity index (χ1v) is 9.44. The summed E-state index contributed by atoms with van der Waals surface area (Å²) in [5.41, 5.74) is 9.38. The van der Waals surface area contributed by atoms with Crippen LogP contribution in [0, 0.1) is 6.92 Å². The third-order valence-electron chi connectivity index (χ3n) is 4.48. The molecule has 3 heterocycles. The Balaban J connectivity index is 0.00000126. The number of carbonyl (C=O) groups is 1. The summed E-state index contributed by atoms with van der Waals surface area (Å²) in [5, 5.41) is 2.61. The summed E-state index contributed by atoms with van der Waals surface area (Å²) in [6.45, 7) is 10.6. The van der Waals surface area contributed by atoms with Crippen molar-refractivity contribution in [3.8, 4) is 0 Å². The van der Waals surface area contributed by atoms with Crippen molar-refractivity contribution in [3.05, 3.63) is 47.4 Å². The van der Waals surface area contributed by atoms with Crippen molar-refractivity contribution in [1.29, 1.82) is 0 Å². The quantitative estimate of drug-likeness (QED) is 0.857. The fourth-order valence-electron chi connectivity index (χ4n) is 3.14. The van der Waals surface area contributed by atoms with Crippen LogP contribution in [0.5, 0.6) is 0 Å². The van der Waals surface area contributed by atoms with E-state index in [-0.39, 0.29) is 5.91 Å². The number of piperazine rings is 1. The lowest BCUT2D eigenvalue weighted by Crippen LogP contribution is -2.46. The van der Waals surface area contributed by atoms with Gasteiger partial charge in [0.2, 0.25) is 0 Å². The van der Waals surface area contributed by atoms with Crippen molar-refractivity contribution in [2.24, 2.45) is 0 Å². The highest BCUT2D eigenvalue weighted by atomic mass is 16.1. The summed E-state index contributed by atoms with van der Waals surface area (Å²) in [7, 11) is 1.61. The van der Waals surface area contributed by atoms with E-state index in [9.17, 15) is 4.79 Å². The Bertz CT molecular complexity index is 756. The maximum atomic E-state index is 11.7. The third-order valence-corrected chi connectivity index (χ3v) is 4.48. The molecular weight excluding hydrogens is 340 g/mol. The highest BCUT2D eigenvalue weighted by molar-refractivity contribution is 5.92. The van der Waals surface area contributed by atoms with E-state index in [1.165, 1.54) is 5.56 Å². The van der Waals surface area contributed by atoms with Gasteiger partial charge < -0.3 is 16.0 Å². The summed E-state index contributed by atoms with van der Waals surface area (Å²) in [4.78, 5) is 24.9. The van der Waals surface area contributed by atoms with E-state index in [2.05, 4.69) is 25.1 Å². The standard InChI is InChI=1S/C18H24N6O.C2H6/c1-13-16(4-3-15(22-13)18(25)20-2)24-9-7-23(8-10-24)12-14-5-6-21-17(19)11-14;1-2/h3-6,11H,7-10,12H2,1-2H3,(H2,19,21)(H,20,25);1-2H3. The summed E-state index contributed by atoms with van der Waals surface area (Å²) in [5.74, 6) is 0.408. The molecule has 27 heavy (non-hydrogen) atoms. The highest BCUT2D eigenvalue weighted by Crippen LogP contribution is 2.21. The number of nitrogens with one attached hydrogen (secondary N) is 1. The second-order valence-corrected chi connectivity index (χ2v) is 6.23. The minimum absolute atomic E-state index is 0.156. The van der Waals surface area contributed by atoms with Gasteiger partial charge in [0, 0.05) is 46.0 Å². The summed E-state index contributed by atoms with van der Waals surface area (Å²) in [6, 6.07) is 7.71. The lowest BCUT2D eigenvalue weighted by Gasteiger charge is -2.36. The lowest BCUT2D eigenvalue weighted by molar-refractivity contribution is 0.0958. The summed E-state index contributed by atoms with van der Waals surface area (Å²) in [6.07, 6.45) is 1.75. The molecule has 3 rings (SSSR count). The second-order valence-electron chi connectivity index (χ2n) is 6.23. The maximum absolute atomic E-state index is 11.7. The van der Waals surface area contributed by atoms with Gasteiger partial charge in [-0.15, -0.1) is 0 Å². The van der Waals surface area contributed by atoms with Gasteiger partial charge in [-0.3, -0.25) is 9.69 Å². The van der Waals surface area contributed by atoms with Crippen LogP contribution in [0.25, 0.3) is 0 Å². The molecule has 0 unspecified atom stereocenters. The molecule has 1 saturated heterocycles. The first-order valence-electron chi connectivity index (χ1n) is 9.44. The summed E-state index contributed by atoms with van der Waals surface area (Å²) < 4.78 is 0. The molecule has 1 aliphatic heterocycles. The molecule has 0 saturated carbocycles. The van der Waals surface area contributed by atoms with Crippen LogP contribution in [0.15, 0.2) is 30.5 Å². The molecule has 0 atom stereocenters. The van der Waals surface area contributed by atoms with Crippen LogP contribution < -0.4 is 16.0 Å². The van der Waals surface area contributed by atoms with Gasteiger partial charge in [0.1, 0.15) is 11.5 Å². The van der Waals surface area contributed by atoms with E-state index in [1.807, 2.05) is 39.0 Å². The average molecular weight is 371 g/mol. The molecule has 0 radical (unpaired) electrons. The van der Waals surface area contributed by atoms with Gasteiger partial charge in [0.25, 0.3) is 5.91 Å². The Morgan fingerprint density at radius 3 is 2.48 bits per heavy atom. The number of hydrogen-bond acceptors (Lipinski definition) is 6. The number of carbonyl (C=O) groups excluding carboxylic acids is 1. The Hall–Kier alpha value is -2.67. The molecule has 0 bridgehead atoms. The molecule has 3 N–H and O–H groups in total. The topological polar surface area (TPSA) is 87.4 Å². The van der Waals surface area contributed by atoms with Gasteiger partial charge in [0.15, 0.2) is 0 Å². The van der Waals surface area contributed by atoms with Crippen LogP contribution in [0.2, 0.25) is 0 Å². The number of nitrogens with zero attached hydrogens (tertiary/aromatic N) is 4. The first kappa shape index (κ1) is 20.6. The van der Waals surface area contributed by atoms with Crippen LogP contribution >= 0.6 is 0 Å². The average Bonchev–Trinajstić information content (AvgIpc) is 2.69. The predicted octanol–water partition coefficient (Wildman–Crippen LogP) is 2.08. The lowest BCUT2D eigenvalue weighted by atomic mass is 10.2. The number of nitrogens with two attached hydrogens (primary N) is 1. The zero-order valence-electron chi connectivity index (χ0n) is 16.7. The van der Waals surface area contributed by atoms with Crippen molar-refractivity contribution in [1.82, 2.24) is 20.2 Å². The molecule has 1 aliphatic rings. The number of rotatable bonds is 4. The Kier molecular flexibility index (Phi) is 7.55. The molecule has 7 nitrogen and oxygen atoms in total. The van der Waals surface area contributed by atoms with E-state index in [0.717, 1.165) is 44.1 Å². The zero-order valence-corrected chi connectivity index (χ0v) is 16.7. The molecule has 7 heteroatoms. The van der Waals surface area contributed by atoms with E-state index in [0.29, 0.717) is 11.5 Å². The Morgan fingerprint density at radius 2 is 1.89 bits per heavy atom. The fourth-order valence-corrected chi connectivity index (χ4v) is 3.14. The molecule has 1 fully saturated rings. The molecular formula is C20H30N6O. The SMILES string of the molecule is CC.CNC(=O)c1ccc(N2CCN(Cc3ccnc(N)c3)CC2)c(C)n1. The van der Waals surface area contributed by atoms with Crippen LogP contribution in [-0.2, 0) is 6.54 Å². The van der Waals surface area contributed by atoms with Crippen LogP contribution in [0.1, 0.15) is 35.6 Å². The van der Waals surface area contributed by atoms with Crippen LogP contribution in [0.4, 0.5) is 11.5 Å². The van der Waals surface area contributed by atoms with E-state index < -0.39 is 0 Å². The van der Waals surface area contributed by atoms with Gasteiger partial charge >= 0.3 is 0 Å². The number of nitrogen functional groups attached to an aromatic ring is 1. The van der Waals surface area contributed by atoms with Gasteiger partial charge in [-0.1, -0.05) is 13.8 Å². The third kappa shape index (κ3) is 5.40. The number of aryl methyl sites for hydroxylation is 1. The molecule has 146 valence electrons. The predicted molar refractivity (Wildman–Crippen MR) is 110 cm³/mol. The normalized spacial score (nSPS) is 14.3. The van der Waals surface area contributed by atoms with Gasteiger partial charge in [0.05, 0.1) is 11.4 Å². The summed E-state index contributed by atoms with van der Waals surface area (Å²) >= 11 is 0. The van der Waals surface area contributed by atoms with Crippen LogP contribution in [0.3, 0.4) is 0 Å². The van der Waals surface area contributed by atoms with Crippen molar-refractivity contribution >= 4 is 17.4 Å². The molecule has 0 aliphatic carbocycles. The molecule has 2 aromatic heterocycles. The minimum Gasteiger partial charge on any atom is -0.384 e. The van der Waals surface area contributed by atoms with Gasteiger partial charge in [-0.05, 0) is 36.8 Å². The van der Waals surface area contributed by atoms with Crippen LogP contribution in [-0.4, -0.2) is 54.0 Å². The number of hydrogen-bond donors (Lipinski definition) is 2. The zero-order chi connectivity index (χ0) is 19.8. The van der Waals surface area contributed by atoms with E-state index in [4.69, 9.17) is 5.73 Å². The van der Waals surface area contributed by atoms with Gasteiger partial charge in [-0.2, -0.15) is 0 Å². The number of aromatic nitrogens is 2. The van der Waals surface area contributed by atoms with Crippen molar-refractivity contribution in [2.75, 3.05) is 43.9 Å². The van der Waals surface area contributed by atoms with Gasteiger partial charge in [-0.25, -0.2) is 9.97 Å².